The molecule has 0 aliphatic heterocycles. The van der Waals surface area contributed by atoms with Gasteiger partial charge >= 0.3 is 0 Å². The molecule has 2 atom stereocenters. The van der Waals surface area contributed by atoms with Gasteiger partial charge in [0, 0.05) is 5.33 Å². The Hall–Kier alpha value is 0.480. The quantitative estimate of drug-likeness (QED) is 0.604. The molecule has 0 bridgehead atoms. The van der Waals surface area contributed by atoms with Crippen LogP contribution < -0.4 is 0 Å². The summed E-state index contributed by atoms with van der Waals surface area (Å²) in [6.45, 7) is 0. The molecule has 2 saturated carbocycles. The molecule has 2 fully saturated rings. The van der Waals surface area contributed by atoms with Crippen molar-refractivity contribution in [3.8, 4) is 0 Å². The Bertz CT molecular complexity index is 116. The van der Waals surface area contributed by atoms with Gasteiger partial charge in [0.1, 0.15) is 0 Å². The number of alkyl halides is 1. The molecule has 0 aromatic heterocycles. The predicted octanol–water partition coefficient (Wildman–Crippen LogP) is 3.21. The van der Waals surface area contributed by atoms with Crippen LogP contribution in [0.4, 0.5) is 0 Å². The maximum absolute atomic E-state index is 3.56. The maximum Gasteiger partial charge on any atom is 0.00625 e. The van der Waals surface area contributed by atoms with Gasteiger partial charge in [-0.2, -0.15) is 0 Å². The van der Waals surface area contributed by atoms with Crippen LogP contribution in [0, 0.1) is 17.8 Å². The number of halogens is 1. The largest absolute Gasteiger partial charge is 0.0925 e. The van der Waals surface area contributed by atoms with Crippen molar-refractivity contribution in [2.24, 2.45) is 17.8 Å². The zero-order valence-corrected chi connectivity index (χ0v) is 7.94. The van der Waals surface area contributed by atoms with Gasteiger partial charge in [-0.05, 0) is 24.2 Å². The molecular formula is C9H15Br. The van der Waals surface area contributed by atoms with Crippen molar-refractivity contribution < 1.29 is 0 Å². The SMILES string of the molecule is BrCC1CC1C1CCCC1. The van der Waals surface area contributed by atoms with Crippen molar-refractivity contribution in [3.63, 3.8) is 0 Å². The highest BCUT2D eigenvalue weighted by atomic mass is 79.9. The summed E-state index contributed by atoms with van der Waals surface area (Å²) in [5.74, 6) is 3.31. The van der Waals surface area contributed by atoms with Gasteiger partial charge in [0.05, 0.1) is 0 Å². The first kappa shape index (κ1) is 7.15. The second-order valence-corrected chi connectivity index (χ2v) is 4.51. The van der Waals surface area contributed by atoms with Crippen molar-refractivity contribution in [1.82, 2.24) is 0 Å². The van der Waals surface area contributed by atoms with E-state index in [1.165, 1.54) is 37.4 Å². The summed E-state index contributed by atoms with van der Waals surface area (Å²) in [6.07, 6.45) is 7.62. The van der Waals surface area contributed by atoms with Gasteiger partial charge in [0.15, 0.2) is 0 Å². The Balaban J connectivity index is 1.79. The lowest BCUT2D eigenvalue weighted by atomic mass is 10.0. The van der Waals surface area contributed by atoms with E-state index >= 15 is 0 Å². The van der Waals surface area contributed by atoms with Crippen LogP contribution in [0.1, 0.15) is 32.1 Å². The molecule has 10 heavy (non-hydrogen) atoms. The Morgan fingerprint density at radius 3 is 2.40 bits per heavy atom. The van der Waals surface area contributed by atoms with E-state index < -0.39 is 0 Å². The fourth-order valence-corrected chi connectivity index (χ4v) is 3.16. The summed E-state index contributed by atoms with van der Waals surface area (Å²) in [5.41, 5.74) is 0. The summed E-state index contributed by atoms with van der Waals surface area (Å²) in [7, 11) is 0. The van der Waals surface area contributed by atoms with E-state index in [-0.39, 0.29) is 0 Å². The molecule has 0 spiro atoms. The van der Waals surface area contributed by atoms with E-state index in [0.717, 1.165) is 17.8 Å². The average Bonchev–Trinajstić information content (AvgIpc) is 2.56. The van der Waals surface area contributed by atoms with E-state index in [2.05, 4.69) is 15.9 Å². The highest BCUT2D eigenvalue weighted by Crippen LogP contribution is 2.50. The molecule has 0 heterocycles. The normalized spacial score (nSPS) is 40.5. The number of hydrogen-bond donors (Lipinski definition) is 0. The van der Waals surface area contributed by atoms with Gasteiger partial charge in [-0.1, -0.05) is 41.6 Å². The molecule has 2 unspecified atom stereocenters. The van der Waals surface area contributed by atoms with E-state index in [1.54, 1.807) is 0 Å². The summed E-state index contributed by atoms with van der Waals surface area (Å²) in [5, 5.41) is 1.26. The van der Waals surface area contributed by atoms with Gasteiger partial charge in [0.25, 0.3) is 0 Å². The Kier molecular flexibility index (Phi) is 2.03. The monoisotopic (exact) mass is 202 g/mol. The predicted molar refractivity (Wildman–Crippen MR) is 47.3 cm³/mol. The minimum Gasteiger partial charge on any atom is -0.0925 e. The molecule has 2 aliphatic carbocycles. The van der Waals surface area contributed by atoms with Crippen molar-refractivity contribution in [3.05, 3.63) is 0 Å². The fourth-order valence-electron chi connectivity index (χ4n) is 2.41. The van der Waals surface area contributed by atoms with Gasteiger partial charge in [-0.3, -0.25) is 0 Å². The van der Waals surface area contributed by atoms with Crippen LogP contribution in [0.3, 0.4) is 0 Å². The first-order valence-electron chi connectivity index (χ1n) is 4.48. The van der Waals surface area contributed by atoms with Crippen LogP contribution in [0.2, 0.25) is 0 Å². The third-order valence-corrected chi connectivity index (χ3v) is 4.01. The maximum atomic E-state index is 3.56. The van der Waals surface area contributed by atoms with Crippen LogP contribution >= 0.6 is 15.9 Å². The Labute approximate surface area is 71.5 Å². The Morgan fingerprint density at radius 1 is 1.20 bits per heavy atom. The topological polar surface area (TPSA) is 0 Å². The molecule has 2 rings (SSSR count). The van der Waals surface area contributed by atoms with Crippen LogP contribution in [0.15, 0.2) is 0 Å². The first-order chi connectivity index (χ1) is 4.92. The lowest BCUT2D eigenvalue weighted by Gasteiger charge is -2.05. The molecule has 0 saturated heterocycles. The van der Waals surface area contributed by atoms with Crippen molar-refractivity contribution in [2.45, 2.75) is 32.1 Å². The van der Waals surface area contributed by atoms with Crippen LogP contribution in [-0.2, 0) is 0 Å². The average molecular weight is 203 g/mol. The van der Waals surface area contributed by atoms with Gasteiger partial charge in [-0.15, -0.1) is 0 Å². The van der Waals surface area contributed by atoms with E-state index in [0.29, 0.717) is 0 Å². The van der Waals surface area contributed by atoms with Gasteiger partial charge < -0.3 is 0 Å². The lowest BCUT2D eigenvalue weighted by molar-refractivity contribution is 0.458. The van der Waals surface area contributed by atoms with E-state index in [4.69, 9.17) is 0 Å². The zero-order chi connectivity index (χ0) is 6.97. The zero-order valence-electron chi connectivity index (χ0n) is 6.35. The number of rotatable bonds is 2. The van der Waals surface area contributed by atoms with Gasteiger partial charge in [-0.25, -0.2) is 0 Å². The Morgan fingerprint density at radius 2 is 1.90 bits per heavy atom. The molecule has 2 aliphatic rings. The van der Waals surface area contributed by atoms with Crippen molar-refractivity contribution in [1.29, 1.82) is 0 Å². The molecule has 0 N–H and O–H groups in total. The molecule has 0 aromatic carbocycles. The summed E-state index contributed by atoms with van der Waals surface area (Å²) in [6, 6.07) is 0. The smallest absolute Gasteiger partial charge is 0.00625 e. The molecule has 0 radical (unpaired) electrons. The third kappa shape index (κ3) is 1.25. The molecule has 0 amide bonds. The summed E-state index contributed by atoms with van der Waals surface area (Å²) in [4.78, 5) is 0. The van der Waals surface area contributed by atoms with Crippen LogP contribution in [0.25, 0.3) is 0 Å². The minimum absolute atomic E-state index is 1.06. The molecule has 58 valence electrons. The summed E-state index contributed by atoms with van der Waals surface area (Å²) < 4.78 is 0. The fraction of sp³-hybridized carbons (Fsp3) is 1.00. The minimum atomic E-state index is 1.06. The first-order valence-corrected chi connectivity index (χ1v) is 5.60. The standard InChI is InChI=1S/C9H15Br/c10-6-8-5-9(8)7-3-1-2-4-7/h7-9H,1-6H2. The molecular weight excluding hydrogens is 188 g/mol. The molecule has 0 nitrogen and oxygen atoms in total. The van der Waals surface area contributed by atoms with Crippen molar-refractivity contribution in [2.75, 3.05) is 5.33 Å². The van der Waals surface area contributed by atoms with Crippen LogP contribution in [0.5, 0.6) is 0 Å². The van der Waals surface area contributed by atoms with Gasteiger partial charge in [0.2, 0.25) is 0 Å². The second kappa shape index (κ2) is 2.84. The lowest BCUT2D eigenvalue weighted by Crippen LogP contribution is -1.98. The van der Waals surface area contributed by atoms with E-state index in [1.807, 2.05) is 0 Å². The highest BCUT2D eigenvalue weighted by molar-refractivity contribution is 9.09. The number of hydrogen-bond acceptors (Lipinski definition) is 0. The molecule has 1 heteroatoms. The third-order valence-electron chi connectivity index (χ3n) is 3.18. The van der Waals surface area contributed by atoms with Crippen LogP contribution in [-0.4, -0.2) is 5.33 Å². The second-order valence-electron chi connectivity index (χ2n) is 3.86. The molecule has 0 aromatic rings. The van der Waals surface area contributed by atoms with E-state index in [9.17, 15) is 0 Å². The van der Waals surface area contributed by atoms with Crippen molar-refractivity contribution >= 4 is 15.9 Å². The summed E-state index contributed by atoms with van der Waals surface area (Å²) >= 11 is 3.56. The highest BCUT2D eigenvalue weighted by Gasteiger charge is 2.42.